The van der Waals surface area contributed by atoms with Crippen molar-refractivity contribution in [3.8, 4) is 0 Å². The van der Waals surface area contributed by atoms with Crippen molar-refractivity contribution in [3.05, 3.63) is 29.8 Å². The zero-order valence-electron chi connectivity index (χ0n) is 12.1. The molecule has 1 aromatic carbocycles. The minimum atomic E-state index is 0.107. The molecule has 0 saturated carbocycles. The van der Waals surface area contributed by atoms with Gasteiger partial charge in [0, 0.05) is 31.4 Å². The number of piperidine rings is 1. The maximum atomic E-state index is 5.89. The van der Waals surface area contributed by atoms with E-state index >= 15 is 0 Å². The minimum absolute atomic E-state index is 0.107. The van der Waals surface area contributed by atoms with Gasteiger partial charge in [-0.1, -0.05) is 19.1 Å². The molecule has 1 aromatic rings. The lowest BCUT2D eigenvalue weighted by atomic mass is 10.1. The van der Waals surface area contributed by atoms with Crippen molar-refractivity contribution in [1.82, 2.24) is 0 Å². The molecule has 1 fully saturated rings. The summed E-state index contributed by atoms with van der Waals surface area (Å²) < 4.78 is 5.88. The minimum Gasteiger partial charge on any atom is -0.376 e. The number of ether oxygens (including phenoxy) is 1. The SMILES string of the molecule is CCCOC1CCCN(c2ccc(C(C)N)cc2)C1. The van der Waals surface area contributed by atoms with Gasteiger partial charge in [-0.05, 0) is 43.9 Å². The van der Waals surface area contributed by atoms with Crippen LogP contribution in [0.1, 0.15) is 44.7 Å². The first kappa shape index (κ1) is 14.4. The summed E-state index contributed by atoms with van der Waals surface area (Å²) in [7, 11) is 0. The molecule has 2 unspecified atom stereocenters. The number of anilines is 1. The van der Waals surface area contributed by atoms with Crippen molar-refractivity contribution in [1.29, 1.82) is 0 Å². The second-order valence-corrected chi connectivity index (χ2v) is 5.46. The van der Waals surface area contributed by atoms with Crippen molar-refractivity contribution in [2.45, 2.75) is 45.3 Å². The molecule has 2 atom stereocenters. The third-order valence-electron chi connectivity index (χ3n) is 3.72. The molecule has 0 aromatic heterocycles. The molecule has 3 nitrogen and oxygen atoms in total. The van der Waals surface area contributed by atoms with E-state index in [2.05, 4.69) is 36.1 Å². The van der Waals surface area contributed by atoms with E-state index in [1.165, 1.54) is 24.1 Å². The maximum absolute atomic E-state index is 5.89. The molecule has 0 aliphatic carbocycles. The van der Waals surface area contributed by atoms with Crippen LogP contribution >= 0.6 is 0 Å². The second-order valence-electron chi connectivity index (χ2n) is 5.46. The van der Waals surface area contributed by atoms with E-state index < -0.39 is 0 Å². The summed E-state index contributed by atoms with van der Waals surface area (Å²) in [6.45, 7) is 7.20. The van der Waals surface area contributed by atoms with Gasteiger partial charge in [0.1, 0.15) is 0 Å². The van der Waals surface area contributed by atoms with Crippen LogP contribution in [-0.2, 0) is 4.74 Å². The predicted octanol–water partition coefficient (Wildman–Crippen LogP) is 3.10. The van der Waals surface area contributed by atoms with Gasteiger partial charge in [-0.3, -0.25) is 0 Å². The molecule has 0 bridgehead atoms. The Hall–Kier alpha value is -1.06. The average Bonchev–Trinajstić information content (AvgIpc) is 2.45. The molecular weight excluding hydrogens is 236 g/mol. The lowest BCUT2D eigenvalue weighted by Gasteiger charge is -2.34. The van der Waals surface area contributed by atoms with Crippen LogP contribution in [0.15, 0.2) is 24.3 Å². The van der Waals surface area contributed by atoms with Gasteiger partial charge in [-0.25, -0.2) is 0 Å². The Morgan fingerprint density at radius 3 is 2.74 bits per heavy atom. The molecule has 1 heterocycles. The van der Waals surface area contributed by atoms with E-state index in [0.29, 0.717) is 6.10 Å². The number of nitrogens with zero attached hydrogens (tertiary/aromatic N) is 1. The second kappa shape index (κ2) is 6.92. The van der Waals surface area contributed by atoms with E-state index in [4.69, 9.17) is 10.5 Å². The van der Waals surface area contributed by atoms with Crippen molar-refractivity contribution >= 4 is 5.69 Å². The third kappa shape index (κ3) is 3.95. The first-order valence-corrected chi connectivity index (χ1v) is 7.42. The van der Waals surface area contributed by atoms with E-state index in [1.807, 2.05) is 6.92 Å². The molecule has 0 amide bonds. The fourth-order valence-corrected chi connectivity index (χ4v) is 2.58. The van der Waals surface area contributed by atoms with E-state index in [1.54, 1.807) is 0 Å². The average molecular weight is 262 g/mol. The van der Waals surface area contributed by atoms with Gasteiger partial charge in [0.05, 0.1) is 6.10 Å². The number of nitrogens with two attached hydrogens (primary N) is 1. The van der Waals surface area contributed by atoms with E-state index in [9.17, 15) is 0 Å². The van der Waals surface area contributed by atoms with Crippen LogP contribution in [0.3, 0.4) is 0 Å². The van der Waals surface area contributed by atoms with Gasteiger partial charge in [-0.15, -0.1) is 0 Å². The summed E-state index contributed by atoms with van der Waals surface area (Å²) in [4.78, 5) is 2.43. The van der Waals surface area contributed by atoms with Gasteiger partial charge >= 0.3 is 0 Å². The topological polar surface area (TPSA) is 38.5 Å². The fourth-order valence-electron chi connectivity index (χ4n) is 2.58. The molecular formula is C16H26N2O. The highest BCUT2D eigenvalue weighted by molar-refractivity contribution is 5.48. The molecule has 1 aliphatic heterocycles. The van der Waals surface area contributed by atoms with Crippen LogP contribution in [-0.4, -0.2) is 25.8 Å². The summed E-state index contributed by atoms with van der Waals surface area (Å²) in [6.07, 6.45) is 3.89. The molecule has 2 rings (SSSR count). The van der Waals surface area contributed by atoms with Crippen LogP contribution in [0, 0.1) is 0 Å². The van der Waals surface area contributed by atoms with Gasteiger partial charge in [-0.2, -0.15) is 0 Å². The molecule has 1 aliphatic rings. The Kier molecular flexibility index (Phi) is 5.23. The van der Waals surface area contributed by atoms with Gasteiger partial charge in [0.2, 0.25) is 0 Å². The molecule has 2 N–H and O–H groups in total. The van der Waals surface area contributed by atoms with Gasteiger partial charge < -0.3 is 15.4 Å². The van der Waals surface area contributed by atoms with Crippen molar-refractivity contribution in [2.24, 2.45) is 5.73 Å². The highest BCUT2D eigenvalue weighted by Crippen LogP contribution is 2.23. The molecule has 3 heteroatoms. The fraction of sp³-hybridized carbons (Fsp3) is 0.625. The summed E-state index contributed by atoms with van der Waals surface area (Å²) >= 11 is 0. The highest BCUT2D eigenvalue weighted by atomic mass is 16.5. The Labute approximate surface area is 116 Å². The predicted molar refractivity (Wildman–Crippen MR) is 80.5 cm³/mol. The van der Waals surface area contributed by atoms with Crippen molar-refractivity contribution in [3.63, 3.8) is 0 Å². The normalized spacial score (nSPS) is 21.4. The Bertz CT molecular complexity index is 375. The lowest BCUT2D eigenvalue weighted by Crippen LogP contribution is -2.39. The standard InChI is InChI=1S/C16H26N2O/c1-3-11-19-16-5-4-10-18(12-16)15-8-6-14(7-9-15)13(2)17/h6-9,13,16H,3-5,10-12,17H2,1-2H3. The van der Waals surface area contributed by atoms with Crippen LogP contribution in [0.4, 0.5) is 5.69 Å². The number of benzene rings is 1. The molecule has 19 heavy (non-hydrogen) atoms. The zero-order chi connectivity index (χ0) is 13.7. The quantitative estimate of drug-likeness (QED) is 0.886. The van der Waals surface area contributed by atoms with Crippen LogP contribution < -0.4 is 10.6 Å². The number of hydrogen-bond acceptors (Lipinski definition) is 3. The Morgan fingerprint density at radius 2 is 2.11 bits per heavy atom. The summed E-state index contributed by atoms with van der Waals surface area (Å²) in [5.74, 6) is 0. The monoisotopic (exact) mass is 262 g/mol. The molecule has 0 spiro atoms. The van der Waals surface area contributed by atoms with Gasteiger partial charge in [0.25, 0.3) is 0 Å². The lowest BCUT2D eigenvalue weighted by molar-refractivity contribution is 0.0440. The summed E-state index contributed by atoms with van der Waals surface area (Å²) in [5.41, 5.74) is 8.37. The van der Waals surface area contributed by atoms with Crippen LogP contribution in [0.2, 0.25) is 0 Å². The molecule has 0 radical (unpaired) electrons. The largest absolute Gasteiger partial charge is 0.376 e. The smallest absolute Gasteiger partial charge is 0.0750 e. The first-order valence-electron chi connectivity index (χ1n) is 7.42. The van der Waals surface area contributed by atoms with Crippen LogP contribution in [0.25, 0.3) is 0 Å². The van der Waals surface area contributed by atoms with Crippen LogP contribution in [0.5, 0.6) is 0 Å². The third-order valence-corrected chi connectivity index (χ3v) is 3.72. The zero-order valence-corrected chi connectivity index (χ0v) is 12.1. The van der Waals surface area contributed by atoms with Crippen molar-refractivity contribution in [2.75, 3.05) is 24.6 Å². The Balaban J connectivity index is 1.96. The highest BCUT2D eigenvalue weighted by Gasteiger charge is 2.20. The van der Waals surface area contributed by atoms with Gasteiger partial charge in [0.15, 0.2) is 0 Å². The maximum Gasteiger partial charge on any atom is 0.0750 e. The summed E-state index contributed by atoms with van der Waals surface area (Å²) in [6, 6.07) is 8.74. The summed E-state index contributed by atoms with van der Waals surface area (Å²) in [5, 5.41) is 0. The molecule has 1 saturated heterocycles. The van der Waals surface area contributed by atoms with Crippen molar-refractivity contribution < 1.29 is 4.74 Å². The molecule has 106 valence electrons. The number of hydrogen-bond donors (Lipinski definition) is 1. The Morgan fingerprint density at radius 1 is 1.37 bits per heavy atom. The van der Waals surface area contributed by atoms with E-state index in [0.717, 1.165) is 26.1 Å². The number of rotatable bonds is 5. The van der Waals surface area contributed by atoms with E-state index in [-0.39, 0.29) is 6.04 Å². The first-order chi connectivity index (χ1) is 9.20.